The van der Waals surface area contributed by atoms with E-state index in [2.05, 4.69) is 0 Å². The summed E-state index contributed by atoms with van der Waals surface area (Å²) >= 11 is 0. The Bertz CT molecular complexity index is 0. The van der Waals surface area contributed by atoms with Gasteiger partial charge in [0, 0.05) is 0 Å². The molecule has 0 N–H and O–H groups in total. The Labute approximate surface area is 0 Å². The van der Waals surface area contributed by atoms with Crippen LogP contribution in [0.25, 0.3) is 0 Å². The van der Waals surface area contributed by atoms with Gasteiger partial charge in [-0.15, -0.1) is 0 Å². The molecule has 0 heterocycles. The van der Waals surface area contributed by atoms with Crippen molar-refractivity contribution in [3.8, 4) is 0 Å². The molecule has 0 aromatic heterocycles. The number of rotatable bonds is 0. The molecular weight excluding hydrogens is 3740 g/mol. The molecule has 0 atom stereocenters. The summed E-state index contributed by atoms with van der Waals surface area (Å²) in [5, 5.41) is 0. The van der Waals surface area contributed by atoms with Crippen molar-refractivity contribution < 1.29 is 0 Å². The molecule has 28 valence electrons. The molecule has 0 aromatic rings. The van der Waals surface area contributed by atoms with Gasteiger partial charge in [-0.2, -0.15) is 0 Å². The van der Waals surface area contributed by atoms with E-state index in [4.69, 9.17) is 0 Å². The third-order valence-electron chi connectivity index (χ3n) is 0. The molecule has 0 unspecified atom stereocenters. The monoisotopic (exact) mass is 3740 g/mol. The maximum atomic E-state index is 0. The number of hydrogen-bond acceptors (Lipinski definition) is 0. The molecule has 0 spiro atoms. The second-order valence-electron chi connectivity index (χ2n) is 0. The molecule has 0 rings (SSSR count). The summed E-state index contributed by atoms with van der Waals surface area (Å²) in [6, 6.07) is 0. The van der Waals surface area contributed by atoms with Crippen molar-refractivity contribution in [2.24, 2.45) is 0 Å². The fourth-order valence-electron chi connectivity index (χ4n) is 0. The van der Waals surface area contributed by atoms with Crippen molar-refractivity contribution in [2.75, 3.05) is 0 Å². The van der Waals surface area contributed by atoms with Crippen molar-refractivity contribution in [1.29, 1.82) is 0 Å². The van der Waals surface area contributed by atoms with Gasteiger partial charge in [0.1, 0.15) is 0 Å². The maximum absolute atomic E-state index is 0. The summed E-state index contributed by atoms with van der Waals surface area (Å²) in [6.45, 7) is 0. The third-order valence-corrected chi connectivity index (χ3v) is 0. The first kappa shape index (κ1) is 0. The van der Waals surface area contributed by atoms with Gasteiger partial charge < -0.3 is 0 Å². The first-order chi connectivity index (χ1) is 0. The zero-order valence-electron chi connectivity index (χ0n) is 9.90. The molecular formula is Rf14. The molecule has 0 aliphatic carbocycles. The van der Waals surface area contributed by atoms with E-state index >= 15 is 0 Å². The Balaban J connectivity index is 0. The molecule has 0 amide bonds. The molecule has 0 fully saturated rings. The smallest absolute Gasteiger partial charge is 0 e. The molecule has 0 aliphatic rings. The van der Waals surface area contributed by atoms with Crippen molar-refractivity contribution in [3.63, 3.8) is 0 Å². The minimum atomic E-state index is 0. The van der Waals surface area contributed by atoms with Crippen molar-refractivity contribution in [2.45, 2.75) is 0 Å². The fourth-order valence-corrected chi connectivity index (χ4v) is 0. The molecule has 0 saturated carbocycles. The second-order valence-corrected chi connectivity index (χ2v) is 0. The first-order valence-corrected chi connectivity index (χ1v) is 0. The average molecular weight is 3740 g/mol. The summed E-state index contributed by atoms with van der Waals surface area (Å²) in [5.74, 6) is 0. The second kappa shape index (κ2) is -0.0204. The van der Waals surface area contributed by atoms with Gasteiger partial charge in [-0.05, 0) is 0 Å². The van der Waals surface area contributed by atoms with E-state index in [1.165, 1.54) is 0 Å². The minimum Gasteiger partial charge on any atom is 0 e. The van der Waals surface area contributed by atoms with E-state index in [9.17, 15) is 0 Å². The van der Waals surface area contributed by atoms with Crippen LogP contribution in [0.4, 0.5) is 0 Å². The Morgan fingerprint density at radius 2 is 0.0714 bits per heavy atom. The normalized spacial score (nSPS) is 0. The predicted octanol–water partition coefficient (Wildman–Crippen LogP) is 0. The minimum absolute atomic E-state index is 0. The van der Waals surface area contributed by atoms with E-state index in [-0.39, 0.29) is 0 Å². The van der Waals surface area contributed by atoms with Crippen LogP contribution in [0, 0.1) is 0 Å². The van der Waals surface area contributed by atoms with Gasteiger partial charge >= 0.3 is 0 Å². The first-order valence-electron chi connectivity index (χ1n) is 0. The quantitative estimate of drug-likeness (QED) is 0.321. The van der Waals surface area contributed by atoms with Crippen molar-refractivity contribution in [1.82, 2.24) is 0 Å². The molecule has 0 nitrogen and oxygen atoms in total. The van der Waals surface area contributed by atoms with Crippen LogP contribution in [0.3, 0.4) is 0 Å². The maximum Gasteiger partial charge on any atom is 0 e. The molecule has 0 radical (unpaired) electrons. The topological polar surface area (TPSA) is 0 Å². The van der Waals surface area contributed by atoms with E-state index in [1.54, 1.807) is 0 Å². The average Bonchev–Trinajstić information content (AvgIpc) is 0. The van der Waals surface area contributed by atoms with Gasteiger partial charge in [-0.1, -0.05) is 0 Å². The van der Waals surface area contributed by atoms with Crippen LogP contribution in [0.5, 0.6) is 0 Å². The van der Waals surface area contributed by atoms with Crippen LogP contribution in [0.15, 0.2) is 0 Å². The van der Waals surface area contributed by atoms with Crippen LogP contribution < -0.4 is 0 Å². The molecule has 0 saturated heterocycles. The van der Waals surface area contributed by atoms with Crippen molar-refractivity contribution >= 4 is 0 Å². The molecule has 0 aliphatic heterocycles. The Kier molecular flexibility index (Phi) is 0. The molecule has 14 heteroatoms. The van der Waals surface area contributed by atoms with Crippen LogP contribution in [-0.2, 0) is 0 Å². The van der Waals surface area contributed by atoms with E-state index in [1.807, 2.05) is 0 Å². The van der Waals surface area contributed by atoms with E-state index in [0.29, 0.717) is 0 Å². The van der Waals surface area contributed by atoms with Gasteiger partial charge in [0.15, 0.2) is 0 Å². The number of hydrogen-bond donors (Lipinski definition) is 0. The zero-order valence-corrected chi connectivity index (χ0v) is 99.5. The standard InChI is InChI=1S/14Rf. The molecule has 0 bridgehead atoms. The molecule has 14 heavy (non-hydrogen) atoms. The third kappa shape index (κ3) is -0.0918. The summed E-state index contributed by atoms with van der Waals surface area (Å²) in [4.78, 5) is 0. The SMILES string of the molecule is [Rf].[Rf].[Rf].[Rf].[Rf].[Rf].[Rf].[Rf].[Rf].[Rf].[Rf].[Rf].[Rf].[Rf]. The van der Waals surface area contributed by atoms with Crippen LogP contribution in [-0.4, -0.2) is 0 Å². The summed E-state index contributed by atoms with van der Waals surface area (Å²) < 4.78 is 0. The summed E-state index contributed by atoms with van der Waals surface area (Å²) in [7, 11) is 0. The summed E-state index contributed by atoms with van der Waals surface area (Å²) in [5.41, 5.74) is 0. The Hall–Kier alpha value is -14.0. The van der Waals surface area contributed by atoms with E-state index in [0.717, 1.165) is 0 Å². The predicted molar refractivity (Wildman–Crippen MR) is 0 cm³/mol. The van der Waals surface area contributed by atoms with Gasteiger partial charge in [-0.3, -0.25) is 0 Å². The van der Waals surface area contributed by atoms with Crippen molar-refractivity contribution in [3.05, 3.63) is 0 Å². The Morgan fingerprint density at radius 3 is 0.0714 bits per heavy atom. The fraction of sp³-hybridized carbons (Fsp3) is 0. The largest absolute Gasteiger partial charge is 0 e. The van der Waals surface area contributed by atoms with Crippen LogP contribution >= 0.6 is 0 Å². The van der Waals surface area contributed by atoms with Crippen LogP contribution in [0.1, 0.15) is 0 Å². The molecule has 0 aromatic carbocycles. The van der Waals surface area contributed by atoms with Gasteiger partial charge in [0.05, 0.1) is 0 Å². The van der Waals surface area contributed by atoms with Crippen LogP contribution in [0.2, 0.25) is 0 Å². The van der Waals surface area contributed by atoms with Gasteiger partial charge in [-0.25, -0.2) is 0 Å². The van der Waals surface area contributed by atoms with E-state index < -0.39 is 0 Å². The van der Waals surface area contributed by atoms with Gasteiger partial charge in [0.2, 0.25) is 0 Å². The summed E-state index contributed by atoms with van der Waals surface area (Å²) in [6.07, 6.45) is 0. The Morgan fingerprint density at radius 1 is 0.0714 bits per heavy atom. The zero-order chi connectivity index (χ0) is 0. The van der Waals surface area contributed by atoms with Gasteiger partial charge in [0.25, 0.3) is 0 Å².